The third-order valence-corrected chi connectivity index (χ3v) is 4.99. The number of nitrogens with zero attached hydrogens (tertiary/aromatic N) is 2. The summed E-state index contributed by atoms with van der Waals surface area (Å²) in [5.41, 5.74) is 1.58. The van der Waals surface area contributed by atoms with E-state index in [2.05, 4.69) is 10.4 Å². The first-order valence-electron chi connectivity index (χ1n) is 8.89. The molecule has 0 fully saturated rings. The molecule has 0 radical (unpaired) electrons. The minimum atomic E-state index is -4.40. The van der Waals surface area contributed by atoms with Crippen LogP contribution in [0.2, 0.25) is 5.02 Å². The quantitative estimate of drug-likeness (QED) is 0.435. The Morgan fingerprint density at radius 2 is 1.90 bits per heavy atom. The third kappa shape index (κ3) is 3.78. The number of carbonyl (C=O) groups excluding carboxylic acids is 1. The van der Waals surface area contributed by atoms with Crippen molar-refractivity contribution < 1.29 is 22.4 Å². The molecule has 30 heavy (non-hydrogen) atoms. The number of furan rings is 1. The Morgan fingerprint density at radius 3 is 2.53 bits per heavy atom. The van der Waals surface area contributed by atoms with E-state index >= 15 is 0 Å². The molecule has 1 amide bonds. The highest BCUT2D eigenvalue weighted by Crippen LogP contribution is 2.32. The highest BCUT2D eigenvalue weighted by atomic mass is 35.5. The molecule has 0 saturated heterocycles. The van der Waals surface area contributed by atoms with Gasteiger partial charge >= 0.3 is 6.18 Å². The van der Waals surface area contributed by atoms with Crippen LogP contribution < -0.4 is 5.32 Å². The SMILES string of the molecule is Cc1cocc1C(=O)Nc1nn(Cc2ccc(C(F)(F)F)cc2)c2cccc(Cl)c12. The number of nitrogens with one attached hydrogen (secondary N) is 1. The van der Waals surface area contributed by atoms with Gasteiger partial charge in [0.05, 0.1) is 39.9 Å². The minimum Gasteiger partial charge on any atom is -0.471 e. The highest BCUT2D eigenvalue weighted by Gasteiger charge is 2.30. The molecule has 9 heteroatoms. The van der Waals surface area contributed by atoms with Crippen molar-refractivity contribution in [1.29, 1.82) is 0 Å². The van der Waals surface area contributed by atoms with Gasteiger partial charge in [0.25, 0.3) is 5.91 Å². The largest absolute Gasteiger partial charge is 0.471 e. The van der Waals surface area contributed by atoms with Crippen molar-refractivity contribution in [2.24, 2.45) is 0 Å². The van der Waals surface area contributed by atoms with Gasteiger partial charge < -0.3 is 9.73 Å². The van der Waals surface area contributed by atoms with E-state index in [0.29, 0.717) is 32.6 Å². The first kappa shape index (κ1) is 20.0. The van der Waals surface area contributed by atoms with Crippen LogP contribution in [0.25, 0.3) is 10.9 Å². The van der Waals surface area contributed by atoms with Crippen molar-refractivity contribution in [2.45, 2.75) is 19.6 Å². The van der Waals surface area contributed by atoms with Crippen LogP contribution in [0.3, 0.4) is 0 Å². The number of hydrogen-bond acceptors (Lipinski definition) is 3. The summed E-state index contributed by atoms with van der Waals surface area (Å²) in [6.45, 7) is 1.95. The lowest BCUT2D eigenvalue weighted by molar-refractivity contribution is -0.137. The van der Waals surface area contributed by atoms with Gasteiger partial charge in [-0.05, 0) is 42.3 Å². The molecule has 1 N–H and O–H groups in total. The first-order chi connectivity index (χ1) is 14.2. The number of fused-ring (bicyclic) bond motifs is 1. The van der Waals surface area contributed by atoms with E-state index in [1.807, 2.05) is 0 Å². The number of aryl methyl sites for hydroxylation is 1. The van der Waals surface area contributed by atoms with Crippen LogP contribution in [0.4, 0.5) is 19.0 Å². The number of hydrogen-bond donors (Lipinski definition) is 1. The predicted octanol–water partition coefficient (Wildman–Crippen LogP) is 5.91. The molecule has 0 atom stereocenters. The molecule has 0 bridgehead atoms. The number of amides is 1. The Bertz CT molecular complexity index is 1230. The Morgan fingerprint density at radius 1 is 1.17 bits per heavy atom. The maximum absolute atomic E-state index is 12.8. The molecule has 0 aliphatic heterocycles. The maximum atomic E-state index is 12.8. The van der Waals surface area contributed by atoms with Crippen molar-refractivity contribution in [3.63, 3.8) is 0 Å². The van der Waals surface area contributed by atoms with Crippen molar-refractivity contribution in [2.75, 3.05) is 5.32 Å². The molecule has 2 heterocycles. The summed E-state index contributed by atoms with van der Waals surface area (Å²) in [7, 11) is 0. The fourth-order valence-electron chi connectivity index (χ4n) is 3.13. The summed E-state index contributed by atoms with van der Waals surface area (Å²) in [4.78, 5) is 12.6. The second-order valence-electron chi connectivity index (χ2n) is 6.76. The van der Waals surface area contributed by atoms with Gasteiger partial charge in [-0.1, -0.05) is 29.8 Å². The lowest BCUT2D eigenvalue weighted by atomic mass is 10.1. The fraction of sp³-hybridized carbons (Fsp3) is 0.143. The number of carbonyl (C=O) groups is 1. The number of benzene rings is 2. The van der Waals surface area contributed by atoms with Crippen LogP contribution in [0.15, 0.2) is 59.4 Å². The molecule has 2 aromatic heterocycles. The Balaban J connectivity index is 1.68. The van der Waals surface area contributed by atoms with Gasteiger partial charge in [0.1, 0.15) is 6.26 Å². The second kappa shape index (κ2) is 7.53. The van der Waals surface area contributed by atoms with E-state index in [4.69, 9.17) is 16.0 Å². The summed E-state index contributed by atoms with van der Waals surface area (Å²) in [6, 6.07) is 10.0. The molecule has 0 unspecified atom stereocenters. The van der Waals surface area contributed by atoms with E-state index in [1.165, 1.54) is 24.7 Å². The van der Waals surface area contributed by atoms with E-state index in [1.54, 1.807) is 29.8 Å². The summed E-state index contributed by atoms with van der Waals surface area (Å²) >= 11 is 6.34. The summed E-state index contributed by atoms with van der Waals surface area (Å²) in [6.07, 6.45) is -1.59. The van der Waals surface area contributed by atoms with Crippen molar-refractivity contribution in [3.05, 3.63) is 82.3 Å². The monoisotopic (exact) mass is 433 g/mol. The smallest absolute Gasteiger partial charge is 0.416 e. The van der Waals surface area contributed by atoms with Gasteiger partial charge in [-0.3, -0.25) is 9.48 Å². The molecule has 4 aromatic rings. The number of halogens is 4. The number of anilines is 1. The van der Waals surface area contributed by atoms with Crippen LogP contribution in [0.5, 0.6) is 0 Å². The minimum absolute atomic E-state index is 0.204. The van der Waals surface area contributed by atoms with Crippen molar-refractivity contribution in [1.82, 2.24) is 9.78 Å². The zero-order chi connectivity index (χ0) is 21.5. The average Bonchev–Trinajstić information content (AvgIpc) is 3.26. The van der Waals surface area contributed by atoms with Crippen LogP contribution in [-0.4, -0.2) is 15.7 Å². The zero-order valence-electron chi connectivity index (χ0n) is 15.6. The molecule has 0 saturated carbocycles. The third-order valence-electron chi connectivity index (χ3n) is 4.67. The van der Waals surface area contributed by atoms with Crippen LogP contribution in [0, 0.1) is 6.92 Å². The topological polar surface area (TPSA) is 60.1 Å². The number of rotatable bonds is 4. The van der Waals surface area contributed by atoms with Crippen LogP contribution in [-0.2, 0) is 12.7 Å². The molecule has 0 aliphatic carbocycles. The van der Waals surface area contributed by atoms with Crippen LogP contribution in [0.1, 0.15) is 27.0 Å². The van der Waals surface area contributed by atoms with Gasteiger partial charge in [-0.2, -0.15) is 18.3 Å². The van der Waals surface area contributed by atoms with Crippen molar-refractivity contribution >= 4 is 34.2 Å². The standard InChI is InChI=1S/C21H15ClF3N3O2/c1-12-10-30-11-15(12)20(29)26-19-18-16(22)3-2-4-17(18)28(27-19)9-13-5-7-14(8-6-13)21(23,24)25/h2-8,10-11H,9H2,1H3,(H,26,27,29). The van der Waals surface area contributed by atoms with Gasteiger partial charge in [0, 0.05) is 0 Å². The lowest BCUT2D eigenvalue weighted by Gasteiger charge is -2.08. The highest BCUT2D eigenvalue weighted by molar-refractivity contribution is 6.36. The Labute approximate surface area is 174 Å². The maximum Gasteiger partial charge on any atom is 0.416 e. The Hall–Kier alpha value is -3.26. The molecule has 0 aliphatic rings. The van der Waals surface area contributed by atoms with Crippen LogP contribution >= 0.6 is 11.6 Å². The van der Waals surface area contributed by atoms with E-state index in [9.17, 15) is 18.0 Å². The normalized spacial score (nSPS) is 11.8. The summed E-state index contributed by atoms with van der Waals surface area (Å²) < 4.78 is 45.0. The summed E-state index contributed by atoms with van der Waals surface area (Å²) in [5, 5.41) is 8.12. The lowest BCUT2D eigenvalue weighted by Crippen LogP contribution is -2.13. The zero-order valence-corrected chi connectivity index (χ0v) is 16.4. The van der Waals surface area contributed by atoms with E-state index < -0.39 is 17.6 Å². The van der Waals surface area contributed by atoms with Gasteiger partial charge in [-0.15, -0.1) is 0 Å². The molecular weight excluding hydrogens is 419 g/mol. The van der Waals surface area contributed by atoms with E-state index in [0.717, 1.165) is 12.1 Å². The second-order valence-corrected chi connectivity index (χ2v) is 7.16. The molecular formula is C21H15ClF3N3O2. The van der Waals surface area contributed by atoms with E-state index in [-0.39, 0.29) is 12.4 Å². The average molecular weight is 434 g/mol. The molecule has 154 valence electrons. The Kier molecular flexibility index (Phi) is 5.03. The summed E-state index contributed by atoms with van der Waals surface area (Å²) in [5.74, 6) is -0.143. The van der Waals surface area contributed by atoms with Gasteiger partial charge in [0.15, 0.2) is 5.82 Å². The number of aromatic nitrogens is 2. The molecule has 2 aromatic carbocycles. The fourth-order valence-corrected chi connectivity index (χ4v) is 3.39. The van der Waals surface area contributed by atoms with Gasteiger partial charge in [-0.25, -0.2) is 0 Å². The van der Waals surface area contributed by atoms with Crippen molar-refractivity contribution in [3.8, 4) is 0 Å². The molecule has 4 rings (SSSR count). The predicted molar refractivity (Wildman–Crippen MR) is 107 cm³/mol. The number of alkyl halides is 3. The van der Waals surface area contributed by atoms with Gasteiger partial charge in [0.2, 0.25) is 0 Å². The first-order valence-corrected chi connectivity index (χ1v) is 9.27. The molecule has 0 spiro atoms. The molecule has 5 nitrogen and oxygen atoms in total.